The van der Waals surface area contributed by atoms with Crippen molar-refractivity contribution in [3.05, 3.63) is 54.4 Å². The van der Waals surface area contributed by atoms with Gasteiger partial charge in [0, 0.05) is 41.5 Å². The van der Waals surface area contributed by atoms with E-state index in [9.17, 15) is 4.79 Å². The van der Waals surface area contributed by atoms with Crippen molar-refractivity contribution >= 4 is 23.0 Å². The SMILES string of the molecule is Nc1cc(OCCCCCn2cc(C=O)c3ccccc32)ccn1. The van der Waals surface area contributed by atoms with E-state index in [1.54, 1.807) is 12.3 Å². The van der Waals surface area contributed by atoms with Gasteiger partial charge in [0.1, 0.15) is 11.6 Å². The largest absolute Gasteiger partial charge is 0.493 e. The summed E-state index contributed by atoms with van der Waals surface area (Å²) >= 11 is 0. The average Bonchev–Trinajstić information content (AvgIpc) is 2.96. The Morgan fingerprint density at radius 2 is 2.04 bits per heavy atom. The highest BCUT2D eigenvalue weighted by molar-refractivity contribution is 5.97. The highest BCUT2D eigenvalue weighted by Crippen LogP contribution is 2.20. The number of carbonyl (C=O) groups is 1. The summed E-state index contributed by atoms with van der Waals surface area (Å²) < 4.78 is 7.81. The summed E-state index contributed by atoms with van der Waals surface area (Å²) in [4.78, 5) is 15.1. The van der Waals surface area contributed by atoms with E-state index in [-0.39, 0.29) is 0 Å². The van der Waals surface area contributed by atoms with Crippen molar-refractivity contribution in [1.82, 2.24) is 9.55 Å². The van der Waals surface area contributed by atoms with Crippen LogP contribution in [0.15, 0.2) is 48.8 Å². The zero-order valence-electron chi connectivity index (χ0n) is 13.5. The van der Waals surface area contributed by atoms with E-state index in [2.05, 4.69) is 15.6 Å². The lowest BCUT2D eigenvalue weighted by molar-refractivity contribution is 0.112. The number of aromatic nitrogens is 2. The monoisotopic (exact) mass is 323 g/mol. The number of aryl methyl sites for hydroxylation is 1. The Bertz CT molecular complexity index is 826. The van der Waals surface area contributed by atoms with E-state index in [0.29, 0.717) is 12.4 Å². The molecule has 24 heavy (non-hydrogen) atoms. The van der Waals surface area contributed by atoms with Gasteiger partial charge in [-0.25, -0.2) is 4.98 Å². The summed E-state index contributed by atoms with van der Waals surface area (Å²) in [7, 11) is 0. The molecule has 0 fully saturated rings. The van der Waals surface area contributed by atoms with Gasteiger partial charge in [-0.15, -0.1) is 0 Å². The molecular formula is C19H21N3O2. The second kappa shape index (κ2) is 7.64. The van der Waals surface area contributed by atoms with Crippen LogP contribution in [0.4, 0.5) is 5.82 Å². The number of hydrogen-bond donors (Lipinski definition) is 1. The van der Waals surface area contributed by atoms with Crippen molar-refractivity contribution in [2.24, 2.45) is 0 Å². The van der Waals surface area contributed by atoms with Crippen LogP contribution in [-0.2, 0) is 6.54 Å². The lowest BCUT2D eigenvalue weighted by Gasteiger charge is -2.07. The molecule has 124 valence electrons. The fourth-order valence-electron chi connectivity index (χ4n) is 2.82. The van der Waals surface area contributed by atoms with Crippen molar-refractivity contribution in [2.45, 2.75) is 25.8 Å². The molecule has 0 bridgehead atoms. The quantitative estimate of drug-likeness (QED) is 0.507. The first-order valence-electron chi connectivity index (χ1n) is 8.15. The van der Waals surface area contributed by atoms with Crippen molar-refractivity contribution < 1.29 is 9.53 Å². The number of pyridine rings is 1. The van der Waals surface area contributed by atoms with E-state index < -0.39 is 0 Å². The van der Waals surface area contributed by atoms with Crippen molar-refractivity contribution in [3.63, 3.8) is 0 Å². The Labute approximate surface area is 141 Å². The number of rotatable bonds is 8. The molecular weight excluding hydrogens is 302 g/mol. The molecule has 0 saturated carbocycles. The van der Waals surface area contributed by atoms with Crippen LogP contribution in [-0.4, -0.2) is 22.4 Å². The predicted molar refractivity (Wildman–Crippen MR) is 95.3 cm³/mol. The number of nitrogen functional groups attached to an aromatic ring is 1. The number of aldehydes is 1. The number of benzene rings is 1. The van der Waals surface area contributed by atoms with Crippen LogP contribution in [0.25, 0.3) is 10.9 Å². The summed E-state index contributed by atoms with van der Waals surface area (Å²) in [6.45, 7) is 1.56. The van der Waals surface area contributed by atoms with Gasteiger partial charge in [0.25, 0.3) is 0 Å². The Balaban J connectivity index is 1.46. The van der Waals surface area contributed by atoms with Gasteiger partial charge in [-0.2, -0.15) is 0 Å². The fourth-order valence-corrected chi connectivity index (χ4v) is 2.82. The molecule has 0 aliphatic heterocycles. The minimum absolute atomic E-state index is 0.470. The minimum Gasteiger partial charge on any atom is -0.493 e. The van der Waals surface area contributed by atoms with E-state index in [0.717, 1.165) is 54.3 Å². The van der Waals surface area contributed by atoms with Gasteiger partial charge in [-0.1, -0.05) is 18.2 Å². The van der Waals surface area contributed by atoms with E-state index in [1.807, 2.05) is 30.5 Å². The molecule has 1 aromatic carbocycles. The Hall–Kier alpha value is -2.82. The number of fused-ring (bicyclic) bond motifs is 1. The van der Waals surface area contributed by atoms with Gasteiger partial charge in [0.05, 0.1) is 6.61 Å². The van der Waals surface area contributed by atoms with Gasteiger partial charge < -0.3 is 15.0 Å². The highest BCUT2D eigenvalue weighted by Gasteiger charge is 2.06. The molecule has 2 N–H and O–H groups in total. The van der Waals surface area contributed by atoms with E-state index in [4.69, 9.17) is 10.5 Å². The minimum atomic E-state index is 0.470. The summed E-state index contributed by atoms with van der Waals surface area (Å²) in [5.41, 5.74) is 7.48. The maximum Gasteiger partial charge on any atom is 0.152 e. The molecule has 3 aromatic rings. The molecule has 0 aliphatic rings. The molecule has 5 heteroatoms. The number of para-hydroxylation sites is 1. The number of nitrogens with two attached hydrogens (primary N) is 1. The number of anilines is 1. The molecule has 0 aliphatic carbocycles. The third-order valence-corrected chi connectivity index (χ3v) is 4.01. The molecule has 2 aromatic heterocycles. The zero-order valence-corrected chi connectivity index (χ0v) is 13.5. The maximum atomic E-state index is 11.2. The molecule has 0 atom stereocenters. The zero-order chi connectivity index (χ0) is 16.8. The number of ether oxygens (including phenoxy) is 1. The lowest BCUT2D eigenvalue weighted by Crippen LogP contribution is -2.01. The standard InChI is InChI=1S/C19H21N3O2/c20-19-12-16(8-9-21-19)24-11-5-1-4-10-22-13-15(14-23)17-6-2-3-7-18(17)22/h2-3,6-9,12-14H,1,4-5,10-11H2,(H2,20,21). The first kappa shape index (κ1) is 16.1. The van der Waals surface area contributed by atoms with Crippen LogP contribution < -0.4 is 10.5 Å². The third kappa shape index (κ3) is 3.74. The fraction of sp³-hybridized carbons (Fsp3) is 0.263. The average molecular weight is 323 g/mol. The van der Waals surface area contributed by atoms with Gasteiger partial charge in [0.2, 0.25) is 0 Å². The van der Waals surface area contributed by atoms with Crippen LogP contribution in [0.3, 0.4) is 0 Å². The van der Waals surface area contributed by atoms with Crippen LogP contribution in [0.5, 0.6) is 5.75 Å². The molecule has 5 nitrogen and oxygen atoms in total. The summed E-state index contributed by atoms with van der Waals surface area (Å²) in [5.74, 6) is 1.23. The van der Waals surface area contributed by atoms with Crippen molar-refractivity contribution in [1.29, 1.82) is 0 Å². The van der Waals surface area contributed by atoms with E-state index >= 15 is 0 Å². The first-order valence-corrected chi connectivity index (χ1v) is 8.15. The van der Waals surface area contributed by atoms with Crippen LogP contribution in [0, 0.1) is 0 Å². The van der Waals surface area contributed by atoms with Crippen LogP contribution >= 0.6 is 0 Å². The molecule has 0 radical (unpaired) electrons. The first-order chi connectivity index (χ1) is 11.8. The second-order valence-corrected chi connectivity index (χ2v) is 5.74. The number of nitrogens with zero attached hydrogens (tertiary/aromatic N) is 2. The third-order valence-electron chi connectivity index (χ3n) is 4.01. The normalized spacial score (nSPS) is 10.8. The van der Waals surface area contributed by atoms with E-state index in [1.165, 1.54) is 0 Å². The maximum absolute atomic E-state index is 11.2. The Kier molecular flexibility index (Phi) is 5.11. The highest BCUT2D eigenvalue weighted by atomic mass is 16.5. The van der Waals surface area contributed by atoms with Crippen LogP contribution in [0.1, 0.15) is 29.6 Å². The lowest BCUT2D eigenvalue weighted by atomic mass is 10.2. The molecule has 0 saturated heterocycles. The summed E-state index contributed by atoms with van der Waals surface area (Å²) in [5, 5.41) is 1.02. The number of unbranched alkanes of at least 4 members (excludes halogenated alkanes) is 2. The molecule has 3 rings (SSSR count). The van der Waals surface area contributed by atoms with Gasteiger partial charge in [0.15, 0.2) is 6.29 Å². The predicted octanol–water partition coefficient (Wildman–Crippen LogP) is 3.68. The topological polar surface area (TPSA) is 70.1 Å². The van der Waals surface area contributed by atoms with Gasteiger partial charge >= 0.3 is 0 Å². The van der Waals surface area contributed by atoms with Crippen molar-refractivity contribution in [2.75, 3.05) is 12.3 Å². The molecule has 0 unspecified atom stereocenters. The van der Waals surface area contributed by atoms with Crippen LogP contribution in [0.2, 0.25) is 0 Å². The van der Waals surface area contributed by atoms with Gasteiger partial charge in [-0.3, -0.25) is 4.79 Å². The number of hydrogen-bond acceptors (Lipinski definition) is 4. The number of carbonyl (C=O) groups excluding carboxylic acids is 1. The summed E-state index contributed by atoms with van der Waals surface area (Å²) in [6.07, 6.45) is 7.58. The Morgan fingerprint density at radius 3 is 2.88 bits per heavy atom. The second-order valence-electron chi connectivity index (χ2n) is 5.74. The van der Waals surface area contributed by atoms with Gasteiger partial charge in [-0.05, 0) is 31.4 Å². The Morgan fingerprint density at radius 1 is 1.17 bits per heavy atom. The molecule has 2 heterocycles. The molecule has 0 amide bonds. The molecule has 0 spiro atoms. The van der Waals surface area contributed by atoms with Crippen molar-refractivity contribution in [3.8, 4) is 5.75 Å². The summed E-state index contributed by atoms with van der Waals surface area (Å²) in [6, 6.07) is 11.5. The smallest absolute Gasteiger partial charge is 0.152 e.